The Morgan fingerprint density at radius 3 is 2.37 bits per heavy atom. The second-order valence-corrected chi connectivity index (χ2v) is 8.60. The molecule has 27 heavy (non-hydrogen) atoms. The molecule has 2 heterocycles. The number of thiocarbonyl (C=S) groups is 1. The van der Waals surface area contributed by atoms with Crippen LogP contribution in [0.15, 0.2) is 53.6 Å². The Hall–Kier alpha value is -2.35. The molecule has 0 aliphatic heterocycles. The topological polar surface area (TPSA) is 78.0 Å². The Morgan fingerprint density at radius 1 is 1.15 bits per heavy atom. The van der Waals surface area contributed by atoms with Crippen molar-refractivity contribution in [2.24, 2.45) is 12.2 Å². The fraction of sp³-hybridized carbons (Fsp3) is 0.200. The van der Waals surface area contributed by atoms with Crippen molar-refractivity contribution in [3.63, 3.8) is 0 Å². The van der Waals surface area contributed by atoms with E-state index in [0.29, 0.717) is 6.42 Å². The Morgan fingerprint density at radius 2 is 1.81 bits per heavy atom. The molecule has 0 fully saturated rings. The summed E-state index contributed by atoms with van der Waals surface area (Å²) in [6, 6.07) is 13.4. The number of hydrogen-bond acceptors (Lipinski definition) is 4. The van der Waals surface area contributed by atoms with Crippen LogP contribution < -0.4 is 5.14 Å². The molecule has 0 saturated carbocycles. The normalized spacial score (nSPS) is 11.6. The average molecular weight is 400 g/mol. The van der Waals surface area contributed by atoms with Crippen molar-refractivity contribution >= 4 is 27.1 Å². The summed E-state index contributed by atoms with van der Waals surface area (Å²) in [6.45, 7) is 4.09. The maximum atomic E-state index is 11.4. The molecule has 0 unspecified atom stereocenters. The van der Waals surface area contributed by atoms with E-state index in [4.69, 9.17) is 17.4 Å². The van der Waals surface area contributed by atoms with E-state index in [0.717, 1.165) is 33.1 Å². The molecular formula is C20H21N3O2S2. The summed E-state index contributed by atoms with van der Waals surface area (Å²) in [5, 5.41) is 5.12. The molecule has 7 heteroatoms. The largest absolute Gasteiger partial charge is 0.346 e. The van der Waals surface area contributed by atoms with Crippen molar-refractivity contribution in [1.29, 1.82) is 0 Å². The molecule has 1 aromatic carbocycles. The molecule has 3 rings (SSSR count). The van der Waals surface area contributed by atoms with Crippen molar-refractivity contribution < 1.29 is 8.42 Å². The highest BCUT2D eigenvalue weighted by Crippen LogP contribution is 2.21. The summed E-state index contributed by atoms with van der Waals surface area (Å²) < 4.78 is 24.8. The van der Waals surface area contributed by atoms with Crippen molar-refractivity contribution in [3.05, 3.63) is 82.4 Å². The van der Waals surface area contributed by atoms with Crippen LogP contribution in [-0.4, -0.2) is 22.8 Å². The highest BCUT2D eigenvalue weighted by molar-refractivity contribution is 7.89. The lowest BCUT2D eigenvalue weighted by Crippen LogP contribution is -2.13. The zero-order chi connectivity index (χ0) is 19.8. The van der Waals surface area contributed by atoms with E-state index in [1.54, 1.807) is 6.07 Å². The Labute approximate surface area is 164 Å². The van der Waals surface area contributed by atoms with Gasteiger partial charge in [0.1, 0.15) is 4.90 Å². The summed E-state index contributed by atoms with van der Waals surface area (Å²) >= 11 is 5.72. The van der Waals surface area contributed by atoms with Gasteiger partial charge >= 0.3 is 0 Å². The Bertz CT molecular complexity index is 1100. The van der Waals surface area contributed by atoms with Gasteiger partial charge in [0.2, 0.25) is 10.0 Å². The minimum Gasteiger partial charge on any atom is -0.346 e. The quantitative estimate of drug-likeness (QED) is 0.528. The monoisotopic (exact) mass is 399 g/mol. The third-order valence-corrected chi connectivity index (χ3v) is 5.87. The summed E-state index contributed by atoms with van der Waals surface area (Å²) in [5.74, 6) is 0. The van der Waals surface area contributed by atoms with Crippen LogP contribution in [-0.2, 0) is 23.5 Å². The fourth-order valence-electron chi connectivity index (χ4n) is 3.04. The van der Waals surface area contributed by atoms with E-state index < -0.39 is 10.0 Å². The maximum Gasteiger partial charge on any atom is 0.239 e. The molecule has 0 saturated heterocycles. The highest BCUT2D eigenvalue weighted by Gasteiger charge is 2.16. The number of benzene rings is 1. The van der Waals surface area contributed by atoms with Gasteiger partial charge < -0.3 is 4.57 Å². The van der Waals surface area contributed by atoms with E-state index in [1.807, 2.05) is 33.0 Å². The first-order chi connectivity index (χ1) is 12.7. The molecule has 2 N–H and O–H groups in total. The molecule has 0 aliphatic rings. The summed E-state index contributed by atoms with van der Waals surface area (Å²) in [4.78, 5) is 5.04. The molecule has 0 atom stereocenters. The SMILES string of the molecule is Cc1ccc(C(=S)c2c(C)cc(Cc3ccc(S(N)(=O)=O)cn3)n2C)cc1. The van der Waals surface area contributed by atoms with E-state index in [2.05, 4.69) is 27.8 Å². The zero-order valence-electron chi connectivity index (χ0n) is 15.4. The van der Waals surface area contributed by atoms with Crippen LogP contribution in [0.2, 0.25) is 0 Å². The van der Waals surface area contributed by atoms with Crippen molar-refractivity contribution in [3.8, 4) is 0 Å². The lowest BCUT2D eigenvalue weighted by Gasteiger charge is -2.11. The summed E-state index contributed by atoms with van der Waals surface area (Å²) in [5.41, 5.74) is 6.12. The minimum absolute atomic E-state index is 0.00977. The first-order valence-electron chi connectivity index (χ1n) is 8.41. The zero-order valence-corrected chi connectivity index (χ0v) is 17.1. The molecule has 0 amide bonds. The summed E-state index contributed by atoms with van der Waals surface area (Å²) in [7, 11) is -1.75. The van der Waals surface area contributed by atoms with Gasteiger partial charge in [-0.25, -0.2) is 13.6 Å². The highest BCUT2D eigenvalue weighted by atomic mass is 32.2. The van der Waals surface area contributed by atoms with Gasteiger partial charge in [0, 0.05) is 31.1 Å². The Balaban J connectivity index is 1.89. The van der Waals surface area contributed by atoms with Crippen molar-refractivity contribution in [2.75, 3.05) is 0 Å². The minimum atomic E-state index is -3.73. The average Bonchev–Trinajstić information content (AvgIpc) is 2.88. The van der Waals surface area contributed by atoms with Crippen molar-refractivity contribution in [1.82, 2.24) is 9.55 Å². The molecular weight excluding hydrogens is 378 g/mol. The number of hydrogen-bond donors (Lipinski definition) is 1. The molecule has 0 radical (unpaired) electrons. The van der Waals surface area contributed by atoms with E-state index >= 15 is 0 Å². The predicted molar refractivity (Wildman–Crippen MR) is 111 cm³/mol. The smallest absolute Gasteiger partial charge is 0.239 e. The van der Waals surface area contributed by atoms with Gasteiger partial charge in [-0.05, 0) is 43.2 Å². The molecule has 3 aromatic rings. The third-order valence-electron chi connectivity index (χ3n) is 4.54. The number of nitrogens with two attached hydrogens (primary N) is 1. The van der Waals surface area contributed by atoms with Gasteiger partial charge in [0.15, 0.2) is 0 Å². The van der Waals surface area contributed by atoms with Crippen LogP contribution in [0.4, 0.5) is 0 Å². The van der Waals surface area contributed by atoms with Gasteiger partial charge in [-0.2, -0.15) is 0 Å². The summed E-state index contributed by atoms with van der Waals surface area (Å²) in [6.07, 6.45) is 1.86. The number of pyridine rings is 1. The number of nitrogens with zero attached hydrogens (tertiary/aromatic N) is 2. The van der Waals surface area contributed by atoms with E-state index in [9.17, 15) is 8.42 Å². The van der Waals surface area contributed by atoms with Crippen molar-refractivity contribution in [2.45, 2.75) is 25.2 Å². The first-order valence-corrected chi connectivity index (χ1v) is 10.4. The standard InChI is InChI=1S/C20H21N3O2S2/c1-13-4-6-15(7-5-13)20(26)19-14(2)10-17(23(19)3)11-16-8-9-18(12-22-16)27(21,24)25/h4-10,12H,11H2,1-3H3,(H2,21,24,25). The molecule has 140 valence electrons. The van der Waals surface area contributed by atoms with Gasteiger partial charge in [0.05, 0.1) is 10.6 Å². The van der Waals surface area contributed by atoms with Gasteiger partial charge in [-0.15, -0.1) is 0 Å². The van der Waals surface area contributed by atoms with Crippen LogP contribution in [0, 0.1) is 13.8 Å². The molecule has 5 nitrogen and oxygen atoms in total. The predicted octanol–water partition coefficient (Wildman–Crippen LogP) is 3.04. The molecule has 2 aromatic heterocycles. The second-order valence-electron chi connectivity index (χ2n) is 6.63. The number of aryl methyl sites for hydroxylation is 2. The maximum absolute atomic E-state index is 11.4. The van der Waals surface area contributed by atoms with E-state index in [-0.39, 0.29) is 4.90 Å². The molecule has 0 aliphatic carbocycles. The fourth-order valence-corrected chi connectivity index (χ4v) is 3.93. The van der Waals surface area contributed by atoms with E-state index in [1.165, 1.54) is 17.8 Å². The number of primary sulfonamides is 1. The molecule has 0 bridgehead atoms. The second kappa shape index (κ2) is 7.34. The number of sulfonamides is 1. The lowest BCUT2D eigenvalue weighted by molar-refractivity contribution is 0.597. The van der Waals surface area contributed by atoms with Crippen LogP contribution >= 0.6 is 12.2 Å². The first kappa shape index (κ1) is 19.4. The molecule has 0 spiro atoms. The van der Waals surface area contributed by atoms with Crippen LogP contribution in [0.1, 0.15) is 33.8 Å². The van der Waals surface area contributed by atoms with Gasteiger partial charge in [-0.1, -0.05) is 42.0 Å². The third kappa shape index (κ3) is 4.16. The lowest BCUT2D eigenvalue weighted by atomic mass is 10.1. The van der Waals surface area contributed by atoms with Gasteiger partial charge in [-0.3, -0.25) is 4.98 Å². The van der Waals surface area contributed by atoms with Gasteiger partial charge in [0.25, 0.3) is 0 Å². The Kier molecular flexibility index (Phi) is 5.28. The van der Waals surface area contributed by atoms with Crippen LogP contribution in [0.5, 0.6) is 0 Å². The van der Waals surface area contributed by atoms with Crippen LogP contribution in [0.3, 0.4) is 0 Å². The number of aromatic nitrogens is 2. The number of rotatable bonds is 5. The van der Waals surface area contributed by atoms with Crippen LogP contribution in [0.25, 0.3) is 0 Å².